The third kappa shape index (κ3) is 5.41. The Balaban J connectivity index is 1.91. The van der Waals surface area contributed by atoms with E-state index in [0.717, 1.165) is 11.1 Å². The van der Waals surface area contributed by atoms with Crippen LogP contribution in [0.25, 0.3) is 0 Å². The molecule has 0 aromatic heterocycles. The lowest BCUT2D eigenvalue weighted by Crippen LogP contribution is -2.34. The molecule has 24 heavy (non-hydrogen) atoms. The van der Waals surface area contributed by atoms with Crippen molar-refractivity contribution in [1.29, 1.82) is 0 Å². The molecule has 0 saturated heterocycles. The summed E-state index contributed by atoms with van der Waals surface area (Å²) < 4.78 is 10.6. The summed E-state index contributed by atoms with van der Waals surface area (Å²) in [5, 5.41) is 1.16. The fourth-order valence-corrected chi connectivity index (χ4v) is 2.57. The summed E-state index contributed by atoms with van der Waals surface area (Å²) in [6.07, 6.45) is 0.419. The number of ether oxygens (including phenoxy) is 2. The average Bonchev–Trinajstić information content (AvgIpc) is 2.55. The van der Waals surface area contributed by atoms with Crippen LogP contribution in [-0.2, 0) is 22.6 Å². The van der Waals surface area contributed by atoms with E-state index in [9.17, 15) is 4.79 Å². The van der Waals surface area contributed by atoms with Crippen LogP contribution in [0.15, 0.2) is 42.5 Å². The van der Waals surface area contributed by atoms with Crippen LogP contribution in [0.2, 0.25) is 10.0 Å². The number of esters is 1. The van der Waals surface area contributed by atoms with Crippen LogP contribution in [0.3, 0.4) is 0 Å². The predicted octanol–water partition coefficient (Wildman–Crippen LogP) is 4.01. The topological polar surface area (TPSA) is 61.5 Å². The molecule has 1 atom stereocenters. The second-order valence-corrected chi connectivity index (χ2v) is 6.07. The highest BCUT2D eigenvalue weighted by molar-refractivity contribution is 6.35. The number of halogens is 2. The molecule has 2 rings (SSSR count). The number of rotatable bonds is 7. The van der Waals surface area contributed by atoms with Gasteiger partial charge < -0.3 is 15.2 Å². The Morgan fingerprint density at radius 2 is 1.88 bits per heavy atom. The standard InChI is InChI=1S/C18H19Cl2NO3/c1-2-23-18(22)17(21)9-12-3-7-15(8-4-12)24-11-13-5-6-14(19)10-16(13)20/h3-8,10,17H,2,9,11,21H2,1H3. The molecule has 0 fully saturated rings. The van der Waals surface area contributed by atoms with Crippen LogP contribution in [0.4, 0.5) is 0 Å². The van der Waals surface area contributed by atoms with Crippen molar-refractivity contribution < 1.29 is 14.3 Å². The lowest BCUT2D eigenvalue weighted by Gasteiger charge is -2.12. The fourth-order valence-electron chi connectivity index (χ4n) is 2.11. The molecule has 0 aliphatic rings. The zero-order valence-corrected chi connectivity index (χ0v) is 14.8. The quantitative estimate of drug-likeness (QED) is 0.751. The number of hydrogen-bond donors (Lipinski definition) is 1. The number of carbonyl (C=O) groups excluding carboxylic acids is 1. The van der Waals surface area contributed by atoms with Crippen molar-refractivity contribution in [2.24, 2.45) is 5.73 Å². The Kier molecular flexibility index (Phi) is 6.91. The Morgan fingerprint density at radius 3 is 2.50 bits per heavy atom. The van der Waals surface area contributed by atoms with Gasteiger partial charge in [-0.25, -0.2) is 0 Å². The van der Waals surface area contributed by atoms with Gasteiger partial charge in [0.1, 0.15) is 18.4 Å². The fraction of sp³-hybridized carbons (Fsp3) is 0.278. The van der Waals surface area contributed by atoms with E-state index >= 15 is 0 Å². The van der Waals surface area contributed by atoms with Crippen molar-refractivity contribution in [3.8, 4) is 5.75 Å². The smallest absolute Gasteiger partial charge is 0.323 e. The molecule has 0 aliphatic heterocycles. The summed E-state index contributed by atoms with van der Waals surface area (Å²) in [5.41, 5.74) is 7.60. The van der Waals surface area contributed by atoms with E-state index < -0.39 is 12.0 Å². The average molecular weight is 368 g/mol. The van der Waals surface area contributed by atoms with Crippen LogP contribution in [0, 0.1) is 0 Å². The Hall–Kier alpha value is -1.75. The first-order valence-corrected chi connectivity index (χ1v) is 8.33. The maximum absolute atomic E-state index is 11.5. The molecule has 0 bridgehead atoms. The highest BCUT2D eigenvalue weighted by atomic mass is 35.5. The van der Waals surface area contributed by atoms with E-state index in [1.807, 2.05) is 30.3 Å². The summed E-state index contributed by atoms with van der Waals surface area (Å²) >= 11 is 12.0. The van der Waals surface area contributed by atoms with E-state index in [-0.39, 0.29) is 0 Å². The summed E-state index contributed by atoms with van der Waals surface area (Å²) in [6, 6.07) is 12.0. The molecule has 0 amide bonds. The Morgan fingerprint density at radius 1 is 1.17 bits per heavy atom. The van der Waals surface area contributed by atoms with Gasteiger partial charge in [0.25, 0.3) is 0 Å². The molecule has 2 aromatic carbocycles. The highest BCUT2D eigenvalue weighted by Crippen LogP contribution is 2.23. The lowest BCUT2D eigenvalue weighted by molar-refractivity contribution is -0.144. The third-order valence-electron chi connectivity index (χ3n) is 3.38. The summed E-state index contributed by atoms with van der Waals surface area (Å²) in [6.45, 7) is 2.42. The summed E-state index contributed by atoms with van der Waals surface area (Å²) in [7, 11) is 0. The molecule has 0 spiro atoms. The molecular weight excluding hydrogens is 349 g/mol. The van der Waals surface area contributed by atoms with Gasteiger partial charge in [-0.1, -0.05) is 41.4 Å². The molecule has 0 heterocycles. The molecule has 0 aliphatic carbocycles. The van der Waals surface area contributed by atoms with Crippen molar-refractivity contribution in [1.82, 2.24) is 0 Å². The third-order valence-corrected chi connectivity index (χ3v) is 3.96. The summed E-state index contributed by atoms with van der Waals surface area (Å²) in [5.74, 6) is 0.310. The van der Waals surface area contributed by atoms with Crippen LogP contribution in [0.1, 0.15) is 18.1 Å². The molecule has 2 aromatic rings. The minimum absolute atomic E-state index is 0.326. The van der Waals surface area contributed by atoms with Crippen molar-refractivity contribution in [3.63, 3.8) is 0 Å². The van der Waals surface area contributed by atoms with Gasteiger partial charge in [0.15, 0.2) is 0 Å². The Bertz CT molecular complexity index is 689. The van der Waals surface area contributed by atoms with Gasteiger partial charge in [-0.05, 0) is 43.2 Å². The second-order valence-electron chi connectivity index (χ2n) is 5.23. The highest BCUT2D eigenvalue weighted by Gasteiger charge is 2.15. The van der Waals surface area contributed by atoms with E-state index in [1.165, 1.54) is 0 Å². The monoisotopic (exact) mass is 367 g/mol. The van der Waals surface area contributed by atoms with Crippen molar-refractivity contribution in [2.75, 3.05) is 6.61 Å². The Labute approximate surface area is 151 Å². The van der Waals surface area contributed by atoms with Gasteiger partial charge in [-0.15, -0.1) is 0 Å². The normalized spacial score (nSPS) is 11.8. The molecule has 6 heteroatoms. The van der Waals surface area contributed by atoms with Crippen LogP contribution < -0.4 is 10.5 Å². The first-order valence-electron chi connectivity index (χ1n) is 7.57. The minimum Gasteiger partial charge on any atom is -0.489 e. The van der Waals surface area contributed by atoms with Gasteiger partial charge in [0.2, 0.25) is 0 Å². The number of carbonyl (C=O) groups is 1. The lowest BCUT2D eigenvalue weighted by atomic mass is 10.1. The zero-order valence-electron chi connectivity index (χ0n) is 13.3. The number of benzene rings is 2. The molecular formula is C18H19Cl2NO3. The predicted molar refractivity (Wildman–Crippen MR) is 95.5 cm³/mol. The van der Waals surface area contributed by atoms with Gasteiger partial charge in [-0.2, -0.15) is 0 Å². The second kappa shape index (κ2) is 8.92. The maximum Gasteiger partial charge on any atom is 0.323 e. The maximum atomic E-state index is 11.5. The number of hydrogen-bond acceptors (Lipinski definition) is 4. The van der Waals surface area contributed by atoms with Crippen LogP contribution in [0.5, 0.6) is 5.75 Å². The largest absolute Gasteiger partial charge is 0.489 e. The molecule has 1 unspecified atom stereocenters. The molecule has 0 radical (unpaired) electrons. The molecule has 0 saturated carbocycles. The molecule has 2 N–H and O–H groups in total. The van der Waals surface area contributed by atoms with Gasteiger partial charge in [0, 0.05) is 15.6 Å². The number of nitrogens with two attached hydrogens (primary N) is 1. The molecule has 128 valence electrons. The zero-order chi connectivity index (χ0) is 17.5. The van der Waals surface area contributed by atoms with Gasteiger partial charge >= 0.3 is 5.97 Å². The van der Waals surface area contributed by atoms with Gasteiger partial charge in [0.05, 0.1) is 6.61 Å². The van der Waals surface area contributed by atoms with Crippen LogP contribution in [-0.4, -0.2) is 18.6 Å². The van der Waals surface area contributed by atoms with Gasteiger partial charge in [-0.3, -0.25) is 4.79 Å². The van der Waals surface area contributed by atoms with E-state index in [1.54, 1.807) is 19.1 Å². The van der Waals surface area contributed by atoms with E-state index in [2.05, 4.69) is 0 Å². The van der Waals surface area contributed by atoms with Crippen molar-refractivity contribution >= 4 is 29.2 Å². The van der Waals surface area contributed by atoms with Crippen LogP contribution >= 0.6 is 23.2 Å². The summed E-state index contributed by atoms with van der Waals surface area (Å²) in [4.78, 5) is 11.5. The van der Waals surface area contributed by atoms with E-state index in [0.29, 0.717) is 35.4 Å². The van der Waals surface area contributed by atoms with E-state index in [4.69, 9.17) is 38.4 Å². The van der Waals surface area contributed by atoms with Crippen molar-refractivity contribution in [2.45, 2.75) is 26.0 Å². The first-order chi connectivity index (χ1) is 11.5. The minimum atomic E-state index is -0.662. The SMILES string of the molecule is CCOC(=O)C(N)Cc1ccc(OCc2ccc(Cl)cc2Cl)cc1. The van der Waals surface area contributed by atoms with Crippen molar-refractivity contribution in [3.05, 3.63) is 63.6 Å². The first kappa shape index (κ1) is 18.6. The molecule has 4 nitrogen and oxygen atoms in total.